The number of hydrogen-bond donors (Lipinski definition) is 2. The van der Waals surface area contributed by atoms with Crippen molar-refractivity contribution < 1.29 is 4.79 Å². The van der Waals surface area contributed by atoms with Crippen LogP contribution in [0.3, 0.4) is 0 Å². The standard InChI is InChI=1S/C13H15BrN4OS/c1-13(2,3)11-10(20-18-17-11)12(19)16-9-5-4-7(15)6-8(9)14/h4-6H,15H2,1-3H3,(H,16,19). The Hall–Kier alpha value is -1.47. The maximum Gasteiger partial charge on any atom is 0.269 e. The van der Waals surface area contributed by atoms with Gasteiger partial charge in [-0.15, -0.1) is 5.10 Å². The molecule has 0 saturated heterocycles. The fraction of sp³-hybridized carbons (Fsp3) is 0.308. The SMILES string of the molecule is CC(C)(C)c1nnsc1C(=O)Nc1ccc(N)cc1Br. The summed E-state index contributed by atoms with van der Waals surface area (Å²) >= 11 is 4.47. The molecule has 7 heteroatoms. The van der Waals surface area contributed by atoms with Gasteiger partial charge in [-0.2, -0.15) is 0 Å². The van der Waals surface area contributed by atoms with E-state index in [-0.39, 0.29) is 11.3 Å². The highest BCUT2D eigenvalue weighted by Crippen LogP contribution is 2.28. The van der Waals surface area contributed by atoms with Crippen LogP contribution in [0.1, 0.15) is 36.1 Å². The van der Waals surface area contributed by atoms with E-state index in [1.165, 1.54) is 0 Å². The van der Waals surface area contributed by atoms with Crippen molar-refractivity contribution in [3.8, 4) is 0 Å². The highest BCUT2D eigenvalue weighted by Gasteiger charge is 2.26. The number of halogens is 1. The predicted octanol–water partition coefficient (Wildman–Crippen LogP) is 3.43. The highest BCUT2D eigenvalue weighted by atomic mass is 79.9. The Balaban J connectivity index is 2.27. The van der Waals surface area contributed by atoms with Crippen LogP contribution < -0.4 is 11.1 Å². The quantitative estimate of drug-likeness (QED) is 0.809. The number of benzene rings is 1. The van der Waals surface area contributed by atoms with Crippen molar-refractivity contribution in [2.75, 3.05) is 11.1 Å². The van der Waals surface area contributed by atoms with Crippen LogP contribution in [-0.4, -0.2) is 15.5 Å². The molecule has 2 aromatic rings. The fourth-order valence-electron chi connectivity index (χ4n) is 1.64. The van der Waals surface area contributed by atoms with Gasteiger partial charge < -0.3 is 11.1 Å². The third-order valence-electron chi connectivity index (χ3n) is 2.65. The third-order valence-corrected chi connectivity index (χ3v) is 4.03. The van der Waals surface area contributed by atoms with Gasteiger partial charge in [0.05, 0.1) is 11.4 Å². The average Bonchev–Trinajstić information content (AvgIpc) is 2.81. The Morgan fingerprint density at radius 2 is 2.10 bits per heavy atom. The smallest absolute Gasteiger partial charge is 0.269 e. The molecule has 1 amide bonds. The van der Waals surface area contributed by atoms with Crippen LogP contribution in [0, 0.1) is 0 Å². The van der Waals surface area contributed by atoms with Gasteiger partial charge in [-0.1, -0.05) is 25.3 Å². The summed E-state index contributed by atoms with van der Waals surface area (Å²) in [6.07, 6.45) is 0. The summed E-state index contributed by atoms with van der Waals surface area (Å²) in [5.74, 6) is -0.213. The summed E-state index contributed by atoms with van der Waals surface area (Å²) in [5, 5.41) is 6.90. The molecule has 20 heavy (non-hydrogen) atoms. The number of aromatic nitrogens is 2. The maximum absolute atomic E-state index is 12.3. The summed E-state index contributed by atoms with van der Waals surface area (Å²) in [6, 6.07) is 5.23. The first-order valence-electron chi connectivity index (χ1n) is 5.98. The molecule has 0 fully saturated rings. The molecule has 0 spiro atoms. The van der Waals surface area contributed by atoms with Crippen molar-refractivity contribution >= 4 is 44.7 Å². The first-order valence-corrected chi connectivity index (χ1v) is 7.55. The van der Waals surface area contributed by atoms with Crippen LogP contribution in [0.2, 0.25) is 0 Å². The molecule has 2 rings (SSSR count). The van der Waals surface area contributed by atoms with Gasteiger partial charge in [0, 0.05) is 15.6 Å². The van der Waals surface area contributed by atoms with E-state index >= 15 is 0 Å². The molecule has 0 aliphatic carbocycles. The molecule has 0 unspecified atom stereocenters. The fourth-order valence-corrected chi connectivity index (χ4v) is 2.91. The van der Waals surface area contributed by atoms with Gasteiger partial charge in [0.25, 0.3) is 5.91 Å². The van der Waals surface area contributed by atoms with Crippen molar-refractivity contribution in [3.63, 3.8) is 0 Å². The summed E-state index contributed by atoms with van der Waals surface area (Å²) in [5.41, 5.74) is 7.44. The summed E-state index contributed by atoms with van der Waals surface area (Å²) in [7, 11) is 0. The number of nitrogens with one attached hydrogen (secondary N) is 1. The van der Waals surface area contributed by atoms with Crippen LogP contribution in [-0.2, 0) is 5.41 Å². The van der Waals surface area contributed by atoms with E-state index < -0.39 is 0 Å². The molecule has 1 aromatic heterocycles. The normalized spacial score (nSPS) is 11.4. The van der Waals surface area contributed by atoms with Crippen LogP contribution >= 0.6 is 27.5 Å². The van der Waals surface area contributed by atoms with Crippen molar-refractivity contribution in [1.29, 1.82) is 0 Å². The van der Waals surface area contributed by atoms with E-state index in [0.29, 0.717) is 21.9 Å². The Morgan fingerprint density at radius 3 is 2.70 bits per heavy atom. The molecule has 106 valence electrons. The number of nitrogens with zero attached hydrogens (tertiary/aromatic N) is 2. The van der Waals surface area contributed by atoms with E-state index in [4.69, 9.17) is 5.73 Å². The number of carbonyl (C=O) groups is 1. The van der Waals surface area contributed by atoms with E-state index in [2.05, 4.69) is 30.8 Å². The molecular weight excluding hydrogens is 340 g/mol. The number of amides is 1. The average molecular weight is 355 g/mol. The van der Waals surface area contributed by atoms with Gasteiger partial charge in [0.15, 0.2) is 0 Å². The van der Waals surface area contributed by atoms with Crippen LogP contribution in [0.4, 0.5) is 11.4 Å². The summed E-state index contributed by atoms with van der Waals surface area (Å²) in [6.45, 7) is 6.00. The maximum atomic E-state index is 12.3. The largest absolute Gasteiger partial charge is 0.399 e. The molecule has 0 radical (unpaired) electrons. The Morgan fingerprint density at radius 1 is 1.40 bits per heavy atom. The van der Waals surface area contributed by atoms with Crippen molar-refractivity contribution in [2.45, 2.75) is 26.2 Å². The zero-order chi connectivity index (χ0) is 14.9. The number of nitrogens with two attached hydrogens (primary N) is 1. The molecule has 3 N–H and O–H groups in total. The number of anilines is 2. The van der Waals surface area contributed by atoms with Gasteiger partial charge in [-0.05, 0) is 45.7 Å². The highest BCUT2D eigenvalue weighted by molar-refractivity contribution is 9.10. The second-order valence-electron chi connectivity index (χ2n) is 5.39. The first kappa shape index (κ1) is 14.9. The molecule has 0 atom stereocenters. The minimum atomic E-state index is -0.224. The van der Waals surface area contributed by atoms with Gasteiger partial charge in [0.2, 0.25) is 0 Å². The van der Waals surface area contributed by atoms with E-state index in [9.17, 15) is 4.79 Å². The van der Waals surface area contributed by atoms with E-state index in [1.807, 2.05) is 20.8 Å². The monoisotopic (exact) mass is 354 g/mol. The third kappa shape index (κ3) is 3.16. The number of carbonyl (C=O) groups excluding carboxylic acids is 1. The first-order chi connectivity index (χ1) is 9.29. The minimum absolute atomic E-state index is 0.213. The molecule has 0 aliphatic heterocycles. The van der Waals surface area contributed by atoms with E-state index in [0.717, 1.165) is 16.0 Å². The minimum Gasteiger partial charge on any atom is -0.399 e. The van der Waals surface area contributed by atoms with Crippen LogP contribution in [0.5, 0.6) is 0 Å². The molecule has 0 bridgehead atoms. The Bertz CT molecular complexity index is 648. The second kappa shape index (κ2) is 5.49. The zero-order valence-electron chi connectivity index (χ0n) is 11.4. The van der Waals surface area contributed by atoms with Gasteiger partial charge in [-0.3, -0.25) is 4.79 Å². The zero-order valence-corrected chi connectivity index (χ0v) is 13.8. The van der Waals surface area contributed by atoms with Gasteiger partial charge >= 0.3 is 0 Å². The van der Waals surface area contributed by atoms with Gasteiger partial charge in [-0.25, -0.2) is 0 Å². The molecule has 1 aromatic carbocycles. The number of hydrogen-bond acceptors (Lipinski definition) is 5. The summed E-state index contributed by atoms with van der Waals surface area (Å²) < 4.78 is 4.62. The Kier molecular flexibility index (Phi) is 4.10. The van der Waals surface area contributed by atoms with Crippen LogP contribution in [0.25, 0.3) is 0 Å². The topological polar surface area (TPSA) is 80.9 Å². The molecule has 0 saturated carbocycles. The predicted molar refractivity (Wildman–Crippen MR) is 85.1 cm³/mol. The van der Waals surface area contributed by atoms with Crippen molar-refractivity contribution in [2.24, 2.45) is 0 Å². The number of nitrogen functional groups attached to an aromatic ring is 1. The van der Waals surface area contributed by atoms with Crippen molar-refractivity contribution in [1.82, 2.24) is 9.59 Å². The Labute approximate surface area is 129 Å². The van der Waals surface area contributed by atoms with Crippen molar-refractivity contribution in [3.05, 3.63) is 33.2 Å². The number of rotatable bonds is 2. The lowest BCUT2D eigenvalue weighted by Crippen LogP contribution is -2.20. The molecule has 5 nitrogen and oxygen atoms in total. The lowest BCUT2D eigenvalue weighted by atomic mass is 9.91. The van der Waals surface area contributed by atoms with Gasteiger partial charge in [0.1, 0.15) is 4.88 Å². The lowest BCUT2D eigenvalue weighted by Gasteiger charge is -2.16. The molecule has 1 heterocycles. The van der Waals surface area contributed by atoms with Crippen LogP contribution in [0.15, 0.2) is 22.7 Å². The second-order valence-corrected chi connectivity index (χ2v) is 7.00. The van der Waals surface area contributed by atoms with E-state index in [1.54, 1.807) is 18.2 Å². The molecule has 0 aliphatic rings. The lowest BCUT2D eigenvalue weighted by molar-refractivity contribution is 0.102. The molecular formula is C13H15BrN4OS. The summed E-state index contributed by atoms with van der Waals surface area (Å²) in [4.78, 5) is 12.9.